The zero-order valence-corrected chi connectivity index (χ0v) is 15.9. The van der Waals surface area contributed by atoms with Crippen LogP contribution in [0.5, 0.6) is 0 Å². The van der Waals surface area contributed by atoms with Gasteiger partial charge < -0.3 is 15.6 Å². The van der Waals surface area contributed by atoms with E-state index in [0.29, 0.717) is 19.5 Å². The van der Waals surface area contributed by atoms with E-state index in [4.69, 9.17) is 0 Å². The van der Waals surface area contributed by atoms with E-state index in [-0.39, 0.29) is 36.0 Å². The molecule has 1 saturated heterocycles. The van der Waals surface area contributed by atoms with E-state index >= 15 is 0 Å². The molecule has 0 saturated carbocycles. The molecule has 0 spiro atoms. The van der Waals surface area contributed by atoms with Crippen LogP contribution in [-0.4, -0.2) is 40.3 Å². The van der Waals surface area contributed by atoms with Crippen LogP contribution >= 0.6 is 12.4 Å². The predicted octanol–water partition coefficient (Wildman–Crippen LogP) is 2.12. The molecule has 0 unspecified atom stereocenters. The van der Waals surface area contributed by atoms with Crippen LogP contribution in [0.25, 0.3) is 10.9 Å². The van der Waals surface area contributed by atoms with Gasteiger partial charge in [0.05, 0.1) is 12.1 Å². The maximum atomic E-state index is 13.3. The molecule has 1 amide bonds. The third kappa shape index (κ3) is 3.99. The molecule has 1 aliphatic heterocycles. The highest BCUT2D eigenvalue weighted by Crippen LogP contribution is 2.28. The molecule has 0 aliphatic carbocycles. The number of hydrogen-bond donors (Lipinski definition) is 3. The monoisotopic (exact) mass is 391 g/mol. The normalized spacial score (nSPS) is 19.2. The second-order valence-corrected chi connectivity index (χ2v) is 6.86. The van der Waals surface area contributed by atoms with Gasteiger partial charge in [0, 0.05) is 55.9 Å². The van der Waals surface area contributed by atoms with Crippen molar-refractivity contribution in [3.05, 3.63) is 53.7 Å². The molecule has 1 aromatic carbocycles. The molecular weight excluding hydrogens is 369 g/mol. The van der Waals surface area contributed by atoms with Crippen LogP contribution in [0.1, 0.15) is 17.0 Å². The van der Waals surface area contributed by atoms with Crippen LogP contribution in [0.4, 0.5) is 4.39 Å². The Kier molecular flexibility index (Phi) is 5.82. The van der Waals surface area contributed by atoms with Gasteiger partial charge in [-0.3, -0.25) is 9.48 Å². The van der Waals surface area contributed by atoms with Crippen molar-refractivity contribution in [1.29, 1.82) is 0 Å². The van der Waals surface area contributed by atoms with Crippen LogP contribution in [-0.2, 0) is 18.3 Å². The van der Waals surface area contributed by atoms with E-state index in [1.54, 1.807) is 10.7 Å². The van der Waals surface area contributed by atoms with E-state index in [9.17, 15) is 9.18 Å². The topological polar surface area (TPSA) is 74.7 Å². The minimum absolute atomic E-state index is 0. The van der Waals surface area contributed by atoms with Gasteiger partial charge in [0.15, 0.2) is 0 Å². The van der Waals surface area contributed by atoms with Crippen molar-refractivity contribution in [2.45, 2.75) is 12.3 Å². The van der Waals surface area contributed by atoms with Gasteiger partial charge in [-0.15, -0.1) is 12.4 Å². The first-order chi connectivity index (χ1) is 12.6. The Hall–Kier alpha value is -2.38. The lowest BCUT2D eigenvalue weighted by Gasteiger charge is -2.17. The zero-order chi connectivity index (χ0) is 18.1. The van der Waals surface area contributed by atoms with Crippen molar-refractivity contribution < 1.29 is 9.18 Å². The van der Waals surface area contributed by atoms with Crippen molar-refractivity contribution in [2.24, 2.45) is 13.0 Å². The molecule has 8 heteroatoms. The number of nitrogens with one attached hydrogen (secondary N) is 3. The van der Waals surface area contributed by atoms with Crippen molar-refractivity contribution in [3.63, 3.8) is 0 Å². The average Bonchev–Trinajstić information content (AvgIpc) is 3.33. The van der Waals surface area contributed by atoms with Crippen molar-refractivity contribution in [2.75, 3.05) is 19.6 Å². The van der Waals surface area contributed by atoms with Crippen molar-refractivity contribution in [1.82, 2.24) is 25.4 Å². The molecule has 0 bridgehead atoms. The molecule has 3 heterocycles. The number of fused-ring (bicyclic) bond motifs is 1. The Balaban J connectivity index is 0.00000210. The Morgan fingerprint density at radius 2 is 2.26 bits per heavy atom. The fourth-order valence-corrected chi connectivity index (χ4v) is 3.75. The van der Waals surface area contributed by atoms with E-state index < -0.39 is 0 Å². The Labute approximate surface area is 162 Å². The number of rotatable bonds is 5. The number of aryl methyl sites for hydroxylation is 1. The summed E-state index contributed by atoms with van der Waals surface area (Å²) in [7, 11) is 1.88. The fraction of sp³-hybridized carbons (Fsp3) is 0.368. The van der Waals surface area contributed by atoms with Crippen LogP contribution in [0.15, 0.2) is 36.8 Å². The minimum Gasteiger partial charge on any atom is -0.361 e. The summed E-state index contributed by atoms with van der Waals surface area (Å²) < 4.78 is 15.0. The molecule has 3 aromatic rings. The average molecular weight is 392 g/mol. The number of benzene rings is 1. The number of halogens is 2. The maximum absolute atomic E-state index is 13.3. The highest BCUT2D eigenvalue weighted by atomic mass is 35.5. The first-order valence-corrected chi connectivity index (χ1v) is 8.84. The molecule has 144 valence electrons. The lowest BCUT2D eigenvalue weighted by Crippen LogP contribution is -2.35. The highest BCUT2D eigenvalue weighted by molar-refractivity contribution is 5.85. The van der Waals surface area contributed by atoms with E-state index in [1.807, 2.05) is 25.6 Å². The van der Waals surface area contributed by atoms with Gasteiger partial charge in [-0.05, 0) is 35.7 Å². The van der Waals surface area contributed by atoms with Crippen molar-refractivity contribution in [3.8, 4) is 0 Å². The van der Waals surface area contributed by atoms with Crippen LogP contribution < -0.4 is 10.6 Å². The highest BCUT2D eigenvalue weighted by Gasteiger charge is 2.34. The smallest absolute Gasteiger partial charge is 0.225 e. The second-order valence-electron chi connectivity index (χ2n) is 6.86. The molecular formula is C19H23ClFN5O. The van der Waals surface area contributed by atoms with Gasteiger partial charge in [0.25, 0.3) is 0 Å². The summed E-state index contributed by atoms with van der Waals surface area (Å²) >= 11 is 0. The minimum atomic E-state index is -0.255. The number of hydrogen-bond acceptors (Lipinski definition) is 3. The molecule has 6 nitrogen and oxygen atoms in total. The van der Waals surface area contributed by atoms with Gasteiger partial charge >= 0.3 is 0 Å². The molecule has 1 fully saturated rings. The summed E-state index contributed by atoms with van der Waals surface area (Å²) in [5.41, 5.74) is 2.95. The number of aromatic nitrogens is 3. The maximum Gasteiger partial charge on any atom is 0.225 e. The number of carbonyl (C=O) groups is 1. The first kappa shape index (κ1) is 19.4. The van der Waals surface area contributed by atoms with Gasteiger partial charge in [0.1, 0.15) is 5.82 Å². The van der Waals surface area contributed by atoms with Gasteiger partial charge in [-0.1, -0.05) is 0 Å². The molecule has 0 radical (unpaired) electrons. The van der Waals surface area contributed by atoms with E-state index in [0.717, 1.165) is 28.6 Å². The lowest BCUT2D eigenvalue weighted by atomic mass is 9.90. The zero-order valence-electron chi connectivity index (χ0n) is 15.0. The lowest BCUT2D eigenvalue weighted by molar-refractivity contribution is -0.124. The van der Waals surface area contributed by atoms with Gasteiger partial charge in [-0.2, -0.15) is 5.10 Å². The van der Waals surface area contributed by atoms with Gasteiger partial charge in [-0.25, -0.2) is 4.39 Å². The van der Waals surface area contributed by atoms with E-state index in [2.05, 4.69) is 20.7 Å². The quantitative estimate of drug-likeness (QED) is 0.623. The summed E-state index contributed by atoms with van der Waals surface area (Å²) in [6, 6.07) is 4.72. The van der Waals surface area contributed by atoms with Crippen LogP contribution in [0, 0.1) is 11.7 Å². The largest absolute Gasteiger partial charge is 0.361 e. The summed E-state index contributed by atoms with van der Waals surface area (Å²) in [5, 5.41) is 11.6. The number of nitrogens with zero attached hydrogens (tertiary/aromatic N) is 2. The molecule has 4 rings (SSSR count). The third-order valence-electron chi connectivity index (χ3n) is 5.13. The molecule has 2 atom stereocenters. The summed E-state index contributed by atoms with van der Waals surface area (Å²) in [6.07, 6.45) is 6.40. The first-order valence-electron chi connectivity index (χ1n) is 8.84. The number of H-pyrrole nitrogens is 1. The standard InChI is InChI=1S/C19H22FN5O.ClH/c1-25-11-13(8-24-25)16-9-21-10-17(16)19(26)22-5-4-12-7-23-18-6-14(20)2-3-15(12)18;/h2-3,6-8,11,16-17,21,23H,4-5,9-10H2,1H3,(H,22,26);1H/t16-,17+;/m1./s1. The van der Waals surface area contributed by atoms with Crippen LogP contribution in [0.2, 0.25) is 0 Å². The van der Waals surface area contributed by atoms with Gasteiger partial charge in [0.2, 0.25) is 5.91 Å². The Morgan fingerprint density at radius 3 is 3.04 bits per heavy atom. The van der Waals surface area contributed by atoms with E-state index in [1.165, 1.54) is 12.1 Å². The summed E-state index contributed by atoms with van der Waals surface area (Å²) in [4.78, 5) is 15.7. The third-order valence-corrected chi connectivity index (χ3v) is 5.13. The van der Waals surface area contributed by atoms with Crippen molar-refractivity contribution >= 4 is 29.2 Å². The Bertz CT molecular complexity index is 937. The SMILES string of the molecule is Cl.Cn1cc([C@H]2CNC[C@@H]2C(=O)NCCc2c[nH]c3cc(F)ccc23)cn1. The van der Waals surface area contributed by atoms with Crippen LogP contribution in [0.3, 0.4) is 0 Å². The second kappa shape index (κ2) is 8.10. The molecule has 27 heavy (non-hydrogen) atoms. The summed E-state index contributed by atoms with van der Waals surface area (Å²) in [5.74, 6) is -0.125. The fourth-order valence-electron chi connectivity index (χ4n) is 3.75. The number of carbonyl (C=O) groups excluding carboxylic acids is 1. The number of amides is 1. The Morgan fingerprint density at radius 1 is 1.41 bits per heavy atom. The predicted molar refractivity (Wildman–Crippen MR) is 105 cm³/mol. The summed E-state index contributed by atoms with van der Waals surface area (Å²) in [6.45, 7) is 2.02. The number of aromatic amines is 1. The molecule has 3 N–H and O–H groups in total. The molecule has 2 aromatic heterocycles. The molecule has 1 aliphatic rings.